The van der Waals surface area contributed by atoms with Gasteiger partial charge in [0.1, 0.15) is 17.1 Å². The predicted octanol–water partition coefficient (Wildman–Crippen LogP) is 10.3. The fourth-order valence-electron chi connectivity index (χ4n) is 6.24. The Morgan fingerprint density at radius 3 is 2.11 bits per heavy atom. The topological polar surface area (TPSA) is 96.2 Å². The number of phenols is 2. The third-order valence-corrected chi connectivity index (χ3v) is 9.49. The van der Waals surface area contributed by atoms with Gasteiger partial charge in [0.2, 0.25) is 0 Å². The number of carbonyl (C=O) groups is 1. The van der Waals surface area contributed by atoms with Crippen LogP contribution < -0.4 is 9.47 Å². The van der Waals surface area contributed by atoms with Gasteiger partial charge in [0, 0.05) is 11.6 Å². The van der Waals surface area contributed by atoms with Gasteiger partial charge < -0.3 is 24.8 Å². The van der Waals surface area contributed by atoms with Crippen molar-refractivity contribution in [3.63, 3.8) is 0 Å². The minimum absolute atomic E-state index is 0.0278. The molecular formula is C39H60O6. The molecule has 2 aromatic carbocycles. The number of aliphatic carboxylic acids is 1. The van der Waals surface area contributed by atoms with Crippen LogP contribution in [0, 0.1) is 38.5 Å². The molecule has 1 heterocycles. The van der Waals surface area contributed by atoms with Crippen molar-refractivity contribution in [3.8, 4) is 23.0 Å². The molecule has 6 heteroatoms. The van der Waals surface area contributed by atoms with Crippen LogP contribution in [0.3, 0.4) is 0 Å². The van der Waals surface area contributed by atoms with E-state index >= 15 is 0 Å². The lowest BCUT2D eigenvalue weighted by atomic mass is 9.84. The SMILES string of the molecule is COc1cc(C=CC(=O)O)ccc1O.Cc1c(C)c2c(c(C)c1O)CC[C@@](C)(CCC[C@H](C)CCC[C@H](C)CCCC(C)C)O2. The lowest BCUT2D eigenvalue weighted by Crippen LogP contribution is -2.37. The number of aromatic hydroxyl groups is 2. The van der Waals surface area contributed by atoms with E-state index in [-0.39, 0.29) is 11.4 Å². The Labute approximate surface area is 272 Å². The quantitative estimate of drug-likeness (QED) is 0.171. The normalized spacial score (nSPS) is 17.3. The van der Waals surface area contributed by atoms with E-state index in [1.807, 2.05) is 13.8 Å². The van der Waals surface area contributed by atoms with Gasteiger partial charge in [-0.3, -0.25) is 0 Å². The van der Waals surface area contributed by atoms with Gasteiger partial charge >= 0.3 is 5.97 Å². The third kappa shape index (κ3) is 12.3. The van der Waals surface area contributed by atoms with Crippen LogP contribution in [0.5, 0.6) is 23.0 Å². The summed E-state index contributed by atoms with van der Waals surface area (Å²) in [5.74, 6) is 3.36. The Kier molecular flexibility index (Phi) is 15.3. The molecule has 0 bridgehead atoms. The first-order valence-corrected chi connectivity index (χ1v) is 17.0. The molecule has 0 spiro atoms. The van der Waals surface area contributed by atoms with Gasteiger partial charge in [0.15, 0.2) is 11.5 Å². The summed E-state index contributed by atoms with van der Waals surface area (Å²) in [5.41, 5.74) is 4.88. The van der Waals surface area contributed by atoms with E-state index in [1.165, 1.54) is 76.2 Å². The average Bonchev–Trinajstić information content (AvgIpc) is 2.98. The van der Waals surface area contributed by atoms with Crippen LogP contribution >= 0.6 is 0 Å². The third-order valence-electron chi connectivity index (χ3n) is 9.49. The summed E-state index contributed by atoms with van der Waals surface area (Å²) >= 11 is 0. The monoisotopic (exact) mass is 624 g/mol. The maximum atomic E-state index is 10.4. The van der Waals surface area contributed by atoms with Crippen molar-refractivity contribution in [2.24, 2.45) is 17.8 Å². The number of benzene rings is 2. The lowest BCUT2D eigenvalue weighted by Gasteiger charge is -2.38. The molecule has 0 saturated heterocycles. The highest BCUT2D eigenvalue weighted by Gasteiger charge is 2.34. The lowest BCUT2D eigenvalue weighted by molar-refractivity contribution is -0.131. The summed E-state index contributed by atoms with van der Waals surface area (Å²) in [6.45, 7) is 17.9. The van der Waals surface area contributed by atoms with Gasteiger partial charge in [0.25, 0.3) is 0 Å². The molecule has 0 radical (unpaired) electrons. The summed E-state index contributed by atoms with van der Waals surface area (Å²) < 4.78 is 11.5. The van der Waals surface area contributed by atoms with Gasteiger partial charge in [-0.25, -0.2) is 4.79 Å². The maximum Gasteiger partial charge on any atom is 0.328 e. The molecule has 0 aliphatic carbocycles. The zero-order chi connectivity index (χ0) is 33.7. The molecule has 2 aromatic rings. The summed E-state index contributed by atoms with van der Waals surface area (Å²) in [6, 6.07) is 4.59. The van der Waals surface area contributed by atoms with Crippen LogP contribution in [0.1, 0.15) is 127 Å². The van der Waals surface area contributed by atoms with Gasteiger partial charge in [-0.1, -0.05) is 78.7 Å². The Hall–Kier alpha value is -3.15. The Morgan fingerprint density at radius 1 is 0.933 bits per heavy atom. The van der Waals surface area contributed by atoms with E-state index in [1.54, 1.807) is 12.1 Å². The highest BCUT2D eigenvalue weighted by atomic mass is 16.5. The smallest absolute Gasteiger partial charge is 0.328 e. The molecule has 6 nitrogen and oxygen atoms in total. The number of hydrogen-bond donors (Lipinski definition) is 3. The number of phenolic OH excluding ortho intramolecular Hbond substituents is 2. The van der Waals surface area contributed by atoms with Crippen molar-refractivity contribution < 1.29 is 29.6 Å². The zero-order valence-corrected chi connectivity index (χ0v) is 29.5. The number of ether oxygens (including phenoxy) is 2. The molecule has 45 heavy (non-hydrogen) atoms. The van der Waals surface area contributed by atoms with E-state index in [0.29, 0.717) is 17.1 Å². The van der Waals surface area contributed by atoms with E-state index in [4.69, 9.17) is 14.6 Å². The van der Waals surface area contributed by atoms with Crippen molar-refractivity contribution in [1.29, 1.82) is 0 Å². The number of fused-ring (bicyclic) bond motifs is 1. The molecule has 1 aliphatic heterocycles. The van der Waals surface area contributed by atoms with Crippen molar-refractivity contribution in [2.75, 3.05) is 7.11 Å². The largest absolute Gasteiger partial charge is 0.507 e. The Bertz CT molecular complexity index is 1260. The number of methoxy groups -OCH3 is 1. The minimum atomic E-state index is -1.02. The van der Waals surface area contributed by atoms with Crippen LogP contribution in [-0.2, 0) is 11.2 Å². The number of rotatable bonds is 15. The van der Waals surface area contributed by atoms with Crippen LogP contribution in [0.4, 0.5) is 0 Å². The molecule has 1 aliphatic rings. The highest BCUT2D eigenvalue weighted by Crippen LogP contribution is 2.44. The van der Waals surface area contributed by atoms with E-state index in [0.717, 1.165) is 65.5 Å². The van der Waals surface area contributed by atoms with Crippen LogP contribution in [0.2, 0.25) is 0 Å². The molecule has 0 fully saturated rings. The van der Waals surface area contributed by atoms with Gasteiger partial charge in [0.05, 0.1) is 7.11 Å². The Balaban J connectivity index is 0.000000420. The zero-order valence-electron chi connectivity index (χ0n) is 29.5. The molecule has 3 N–H and O–H groups in total. The predicted molar refractivity (Wildman–Crippen MR) is 186 cm³/mol. The fourth-order valence-corrected chi connectivity index (χ4v) is 6.24. The molecule has 0 aromatic heterocycles. The number of carboxylic acids is 1. The van der Waals surface area contributed by atoms with Crippen molar-refractivity contribution in [1.82, 2.24) is 0 Å². The summed E-state index contributed by atoms with van der Waals surface area (Å²) in [4.78, 5) is 10.2. The molecule has 0 unspecified atom stereocenters. The van der Waals surface area contributed by atoms with Crippen LogP contribution in [-0.4, -0.2) is 34.0 Å². The van der Waals surface area contributed by atoms with Crippen LogP contribution in [0.25, 0.3) is 6.08 Å². The first kappa shape index (κ1) is 38.0. The molecule has 0 amide bonds. The molecule has 3 atom stereocenters. The van der Waals surface area contributed by atoms with Gasteiger partial charge in [-0.05, 0) is 112 Å². The second-order valence-electron chi connectivity index (χ2n) is 14.0. The summed E-state index contributed by atoms with van der Waals surface area (Å²) in [7, 11) is 1.43. The van der Waals surface area contributed by atoms with Crippen molar-refractivity contribution in [2.45, 2.75) is 132 Å². The van der Waals surface area contributed by atoms with E-state index in [9.17, 15) is 15.0 Å². The molecule has 0 saturated carbocycles. The van der Waals surface area contributed by atoms with E-state index < -0.39 is 5.97 Å². The minimum Gasteiger partial charge on any atom is -0.507 e. The van der Waals surface area contributed by atoms with E-state index in [2.05, 4.69) is 41.5 Å². The fraction of sp³-hybridized carbons (Fsp3) is 0.615. The maximum absolute atomic E-state index is 10.4. The van der Waals surface area contributed by atoms with Gasteiger partial charge in [-0.15, -0.1) is 0 Å². The van der Waals surface area contributed by atoms with Crippen molar-refractivity contribution in [3.05, 3.63) is 52.1 Å². The first-order chi connectivity index (χ1) is 21.2. The Morgan fingerprint density at radius 2 is 1.53 bits per heavy atom. The summed E-state index contributed by atoms with van der Waals surface area (Å²) in [6.07, 6.45) is 16.5. The molecular weight excluding hydrogens is 564 g/mol. The molecule has 252 valence electrons. The highest BCUT2D eigenvalue weighted by molar-refractivity contribution is 5.85. The second kappa shape index (κ2) is 18.1. The number of carboxylic acid groups (broad SMARTS) is 1. The van der Waals surface area contributed by atoms with Gasteiger partial charge in [-0.2, -0.15) is 0 Å². The first-order valence-electron chi connectivity index (χ1n) is 17.0. The summed E-state index contributed by atoms with van der Waals surface area (Å²) in [5, 5.41) is 28.0. The second-order valence-corrected chi connectivity index (χ2v) is 14.0. The standard InChI is InChI=1S/C29H50O2.C10H10O4/c1-20(2)12-9-13-21(3)14-10-15-22(4)16-11-18-29(8)19-17-26-25(7)27(30)23(5)24(6)28(26)31-29;1-14-9-6-7(2-4-8(9)11)3-5-10(12)13/h20-22,30H,9-19H2,1-8H3;2-6,11H,1H3,(H,12,13)/t21-,22-,29-;/m1./s1. The number of hydrogen-bond acceptors (Lipinski definition) is 5. The average molecular weight is 625 g/mol. The molecule has 3 rings (SSSR count). The van der Waals surface area contributed by atoms with Crippen LogP contribution in [0.15, 0.2) is 24.3 Å². The van der Waals surface area contributed by atoms with Crippen molar-refractivity contribution >= 4 is 12.0 Å².